The van der Waals surface area contributed by atoms with Gasteiger partial charge in [0.2, 0.25) is 3.79 Å². The van der Waals surface area contributed by atoms with Gasteiger partial charge in [-0.2, -0.15) is 0 Å². The molecule has 10 nitrogen and oxygen atoms in total. The summed E-state index contributed by atoms with van der Waals surface area (Å²) in [6, 6.07) is 4.93. The fourth-order valence-electron chi connectivity index (χ4n) is 4.41. The minimum absolute atomic E-state index is 0.00474. The molecule has 0 atom stereocenters. The van der Waals surface area contributed by atoms with Gasteiger partial charge < -0.3 is 25.2 Å². The zero-order valence-electron chi connectivity index (χ0n) is 19.4. The Bertz CT molecular complexity index is 1280. The van der Waals surface area contributed by atoms with Crippen molar-refractivity contribution < 1.29 is 33.8 Å². The minimum Gasteiger partial charge on any atom is -0.486 e. The molecule has 1 aromatic heterocycles. The third-order valence-electron chi connectivity index (χ3n) is 6.21. The maximum atomic E-state index is 13.5. The molecule has 14 heteroatoms. The van der Waals surface area contributed by atoms with Crippen LogP contribution < -0.4 is 15.8 Å². The zero-order chi connectivity index (χ0) is 27.1. The summed E-state index contributed by atoms with van der Waals surface area (Å²) >= 11 is 17.5. The zero-order valence-corrected chi connectivity index (χ0v) is 22.5. The number of anilines is 2. The van der Waals surface area contributed by atoms with Gasteiger partial charge in [-0.3, -0.25) is 14.9 Å². The van der Waals surface area contributed by atoms with E-state index in [1.165, 1.54) is 11.8 Å². The molecule has 2 aromatic rings. The Morgan fingerprint density at radius 1 is 1.27 bits per heavy atom. The van der Waals surface area contributed by atoms with Crippen LogP contribution in [0.15, 0.2) is 18.2 Å². The number of hydrogen-bond acceptors (Lipinski definition) is 8. The number of carboxylic acids is 1. The van der Waals surface area contributed by atoms with Crippen molar-refractivity contribution in [2.45, 2.75) is 35.6 Å². The SMILES string of the molecule is Cc1c(C(=O)O)sc(NC(=O)OCC(Cl)(Cl)Cl)c1C(=O)N1CCC2(CC1)CC(=O)c1cc(N)ccc1O2. The molecule has 37 heavy (non-hydrogen) atoms. The lowest BCUT2D eigenvalue weighted by Gasteiger charge is -2.44. The summed E-state index contributed by atoms with van der Waals surface area (Å²) in [7, 11) is 0. The predicted octanol–water partition coefficient (Wildman–Crippen LogP) is 4.90. The number of nitrogen functional groups attached to an aromatic ring is 1. The highest BCUT2D eigenvalue weighted by atomic mass is 35.6. The highest BCUT2D eigenvalue weighted by Gasteiger charge is 2.44. The van der Waals surface area contributed by atoms with Gasteiger partial charge in [0, 0.05) is 31.6 Å². The van der Waals surface area contributed by atoms with E-state index in [0.717, 1.165) is 11.3 Å². The Hall–Kier alpha value is -2.73. The Morgan fingerprint density at radius 2 is 1.95 bits per heavy atom. The third-order valence-corrected chi connectivity index (χ3v) is 7.74. The van der Waals surface area contributed by atoms with Crippen LogP contribution in [-0.4, -0.2) is 62.8 Å². The largest absolute Gasteiger partial charge is 0.486 e. The van der Waals surface area contributed by atoms with Gasteiger partial charge in [-0.15, -0.1) is 11.3 Å². The lowest BCUT2D eigenvalue weighted by molar-refractivity contribution is -0.00567. The second-order valence-corrected chi connectivity index (χ2v) is 12.4. The summed E-state index contributed by atoms with van der Waals surface area (Å²) in [6.45, 7) is 1.45. The van der Waals surface area contributed by atoms with Gasteiger partial charge in [-0.05, 0) is 30.7 Å². The number of benzene rings is 1. The summed E-state index contributed by atoms with van der Waals surface area (Å²) in [6.07, 6.45) is -0.0765. The molecule has 2 aliphatic heterocycles. The van der Waals surface area contributed by atoms with Gasteiger partial charge in [-0.25, -0.2) is 9.59 Å². The van der Waals surface area contributed by atoms with E-state index in [0.29, 0.717) is 29.8 Å². The maximum absolute atomic E-state index is 13.5. The van der Waals surface area contributed by atoms with Crippen LogP contribution in [0.1, 0.15) is 55.2 Å². The molecule has 198 valence electrons. The monoisotopic (exact) mass is 589 g/mol. The first-order valence-electron chi connectivity index (χ1n) is 11.1. The summed E-state index contributed by atoms with van der Waals surface area (Å²) in [5.74, 6) is -1.33. The number of ketones is 1. The summed E-state index contributed by atoms with van der Waals surface area (Å²) < 4.78 is 9.23. The number of alkyl halides is 3. The van der Waals surface area contributed by atoms with E-state index in [-0.39, 0.29) is 46.3 Å². The van der Waals surface area contributed by atoms with E-state index >= 15 is 0 Å². The number of likely N-dealkylation sites (tertiary alicyclic amines) is 1. The molecule has 2 amide bonds. The smallest absolute Gasteiger partial charge is 0.412 e. The molecule has 0 aliphatic carbocycles. The number of piperidine rings is 1. The number of fused-ring (bicyclic) bond motifs is 1. The molecule has 0 unspecified atom stereocenters. The van der Waals surface area contributed by atoms with Crippen molar-refractivity contribution in [3.05, 3.63) is 39.8 Å². The number of nitrogens with two attached hydrogens (primary N) is 1. The van der Waals surface area contributed by atoms with Crippen LogP contribution in [0, 0.1) is 6.92 Å². The quantitative estimate of drug-likeness (QED) is 0.336. The molecule has 0 radical (unpaired) electrons. The Labute approximate surface area is 230 Å². The number of ether oxygens (including phenoxy) is 2. The van der Waals surface area contributed by atoms with Crippen molar-refractivity contribution in [3.63, 3.8) is 0 Å². The summed E-state index contributed by atoms with van der Waals surface area (Å²) in [5.41, 5.74) is 6.19. The fraction of sp³-hybridized carbons (Fsp3) is 0.391. The Morgan fingerprint density at radius 3 is 2.57 bits per heavy atom. The number of halogens is 3. The second-order valence-electron chi connectivity index (χ2n) is 8.81. The van der Waals surface area contributed by atoms with Crippen molar-refractivity contribution in [1.29, 1.82) is 0 Å². The van der Waals surface area contributed by atoms with Crippen LogP contribution in [0.5, 0.6) is 5.75 Å². The summed E-state index contributed by atoms with van der Waals surface area (Å²) in [5, 5.41) is 12.0. The molecule has 4 N–H and O–H groups in total. The molecule has 1 saturated heterocycles. The first-order valence-corrected chi connectivity index (χ1v) is 13.0. The fourth-order valence-corrected chi connectivity index (χ4v) is 5.59. The number of carbonyl (C=O) groups excluding carboxylic acids is 3. The molecule has 1 aromatic carbocycles. The van der Waals surface area contributed by atoms with Crippen LogP contribution in [0.2, 0.25) is 0 Å². The third kappa shape index (κ3) is 5.90. The molecule has 2 aliphatic rings. The van der Waals surface area contributed by atoms with E-state index in [4.69, 9.17) is 50.0 Å². The number of carbonyl (C=O) groups is 4. The summed E-state index contributed by atoms with van der Waals surface area (Å²) in [4.78, 5) is 51.7. The number of hydrogen-bond donors (Lipinski definition) is 3. The van der Waals surface area contributed by atoms with E-state index in [2.05, 4.69) is 5.32 Å². The van der Waals surface area contributed by atoms with Crippen molar-refractivity contribution >= 4 is 80.6 Å². The Kier molecular flexibility index (Phi) is 7.53. The lowest BCUT2D eigenvalue weighted by Crippen LogP contribution is -2.52. The number of nitrogens with one attached hydrogen (secondary N) is 1. The number of carboxylic acid groups (broad SMARTS) is 1. The molecule has 3 heterocycles. The number of rotatable bonds is 4. The van der Waals surface area contributed by atoms with Crippen LogP contribution in [-0.2, 0) is 4.74 Å². The number of amides is 2. The molecule has 1 spiro atoms. The first kappa shape index (κ1) is 27.3. The highest BCUT2D eigenvalue weighted by molar-refractivity contribution is 7.18. The number of thiophene rings is 1. The number of nitrogens with zero attached hydrogens (tertiary/aromatic N) is 1. The maximum Gasteiger partial charge on any atom is 0.412 e. The predicted molar refractivity (Wildman–Crippen MR) is 140 cm³/mol. The van der Waals surface area contributed by atoms with Crippen molar-refractivity contribution in [1.82, 2.24) is 4.90 Å². The lowest BCUT2D eigenvalue weighted by atomic mass is 9.82. The van der Waals surface area contributed by atoms with E-state index in [1.54, 1.807) is 18.2 Å². The van der Waals surface area contributed by atoms with Gasteiger partial charge in [0.25, 0.3) is 5.91 Å². The molecule has 1 fully saturated rings. The van der Waals surface area contributed by atoms with Crippen LogP contribution in [0.3, 0.4) is 0 Å². The van der Waals surface area contributed by atoms with Gasteiger partial charge >= 0.3 is 12.1 Å². The number of Topliss-reactive ketones (excluding diaryl/α,β-unsaturated/α-hetero) is 1. The average Bonchev–Trinajstić information content (AvgIpc) is 3.14. The molecule has 0 saturated carbocycles. The van der Waals surface area contributed by atoms with E-state index in [9.17, 15) is 24.3 Å². The van der Waals surface area contributed by atoms with Gasteiger partial charge in [0.1, 0.15) is 27.8 Å². The van der Waals surface area contributed by atoms with Crippen molar-refractivity contribution in [3.8, 4) is 5.75 Å². The Balaban J connectivity index is 1.51. The second kappa shape index (κ2) is 10.2. The molecular formula is C23H22Cl3N3O7S. The molecule has 0 bridgehead atoms. The normalized spacial score (nSPS) is 16.6. The first-order chi connectivity index (χ1) is 17.3. The van der Waals surface area contributed by atoms with Crippen LogP contribution in [0.4, 0.5) is 15.5 Å². The van der Waals surface area contributed by atoms with Crippen molar-refractivity contribution in [2.24, 2.45) is 0 Å². The number of aromatic carboxylic acids is 1. The topological polar surface area (TPSA) is 148 Å². The van der Waals surface area contributed by atoms with E-state index < -0.39 is 34.0 Å². The molecular weight excluding hydrogens is 569 g/mol. The standard InChI is InChI=1S/C23H22Cl3N3O7S/c1-11-16(18(37-17(11)20(32)33)28-21(34)35-10-23(24,25)26)19(31)29-6-4-22(5-7-29)9-14(30)13-8-12(27)2-3-15(13)36-22/h2-3,8H,4-7,9-10,27H2,1H3,(H,28,34)(H,32,33). The van der Waals surface area contributed by atoms with Gasteiger partial charge in [0.15, 0.2) is 5.78 Å². The van der Waals surface area contributed by atoms with Gasteiger partial charge in [-0.1, -0.05) is 34.8 Å². The highest BCUT2D eigenvalue weighted by Crippen LogP contribution is 2.41. The van der Waals surface area contributed by atoms with Crippen LogP contribution in [0.25, 0.3) is 0 Å². The average molecular weight is 591 g/mol. The van der Waals surface area contributed by atoms with Crippen molar-refractivity contribution in [2.75, 3.05) is 30.7 Å². The molecule has 4 rings (SSSR count). The minimum atomic E-state index is -1.84. The van der Waals surface area contributed by atoms with Crippen LogP contribution >= 0.6 is 46.1 Å². The van der Waals surface area contributed by atoms with Gasteiger partial charge in [0.05, 0.1) is 17.5 Å². The van der Waals surface area contributed by atoms with E-state index in [1.807, 2.05) is 0 Å².